The standard InChI is InChI=1S/C17H27N3/c1-2-20-10-13(9-19-20)8-16(18)17-14-4-11-3-12(6-14)7-15(17)5-11/h9-12,14-17H,2-8,18H2,1H3. The van der Waals surface area contributed by atoms with E-state index in [-0.39, 0.29) is 0 Å². The monoisotopic (exact) mass is 273 g/mol. The molecule has 2 N–H and O–H groups in total. The predicted octanol–water partition coefficient (Wildman–Crippen LogP) is 2.85. The van der Waals surface area contributed by atoms with Crippen molar-refractivity contribution >= 4 is 0 Å². The van der Waals surface area contributed by atoms with Crippen LogP contribution >= 0.6 is 0 Å². The minimum Gasteiger partial charge on any atom is -0.327 e. The van der Waals surface area contributed by atoms with E-state index in [9.17, 15) is 0 Å². The third kappa shape index (κ3) is 2.11. The largest absolute Gasteiger partial charge is 0.327 e. The molecule has 4 aliphatic rings. The van der Waals surface area contributed by atoms with Crippen molar-refractivity contribution in [2.45, 2.75) is 58.0 Å². The van der Waals surface area contributed by atoms with Crippen molar-refractivity contribution in [3.8, 4) is 0 Å². The molecular formula is C17H27N3. The fourth-order valence-corrected chi connectivity index (χ4v) is 5.76. The molecule has 0 radical (unpaired) electrons. The molecular weight excluding hydrogens is 246 g/mol. The third-order valence-electron chi connectivity index (χ3n) is 6.28. The first-order chi connectivity index (χ1) is 9.72. The van der Waals surface area contributed by atoms with Crippen LogP contribution in [0.5, 0.6) is 0 Å². The number of hydrogen-bond acceptors (Lipinski definition) is 2. The summed E-state index contributed by atoms with van der Waals surface area (Å²) >= 11 is 0. The van der Waals surface area contributed by atoms with E-state index in [1.807, 2.05) is 10.9 Å². The molecule has 1 heterocycles. The van der Waals surface area contributed by atoms with Crippen LogP contribution in [-0.2, 0) is 13.0 Å². The highest BCUT2D eigenvalue weighted by Gasteiger charge is 2.49. The maximum absolute atomic E-state index is 6.64. The van der Waals surface area contributed by atoms with E-state index in [2.05, 4.69) is 18.2 Å². The third-order valence-corrected chi connectivity index (χ3v) is 6.28. The van der Waals surface area contributed by atoms with E-state index < -0.39 is 0 Å². The Morgan fingerprint density at radius 2 is 1.85 bits per heavy atom. The molecule has 110 valence electrons. The van der Waals surface area contributed by atoms with E-state index in [1.54, 1.807) is 0 Å². The highest BCUT2D eigenvalue weighted by molar-refractivity contribution is 5.09. The van der Waals surface area contributed by atoms with Gasteiger partial charge in [-0.3, -0.25) is 4.68 Å². The van der Waals surface area contributed by atoms with Crippen molar-refractivity contribution < 1.29 is 0 Å². The van der Waals surface area contributed by atoms with Gasteiger partial charge < -0.3 is 5.73 Å². The molecule has 0 spiro atoms. The smallest absolute Gasteiger partial charge is 0.0522 e. The fraction of sp³-hybridized carbons (Fsp3) is 0.824. The summed E-state index contributed by atoms with van der Waals surface area (Å²) < 4.78 is 2.01. The lowest BCUT2D eigenvalue weighted by Crippen LogP contribution is -2.52. The average molecular weight is 273 g/mol. The number of aryl methyl sites for hydroxylation is 1. The molecule has 0 amide bonds. The highest BCUT2D eigenvalue weighted by Crippen LogP contribution is 2.57. The first-order valence-corrected chi connectivity index (χ1v) is 8.49. The van der Waals surface area contributed by atoms with Crippen LogP contribution in [0, 0.1) is 29.6 Å². The quantitative estimate of drug-likeness (QED) is 0.916. The van der Waals surface area contributed by atoms with Crippen LogP contribution in [0.25, 0.3) is 0 Å². The molecule has 0 saturated heterocycles. The predicted molar refractivity (Wildman–Crippen MR) is 80.1 cm³/mol. The summed E-state index contributed by atoms with van der Waals surface area (Å²) in [7, 11) is 0. The molecule has 1 aromatic heterocycles. The molecule has 5 rings (SSSR count). The molecule has 1 aromatic rings. The molecule has 1 unspecified atom stereocenters. The van der Waals surface area contributed by atoms with Crippen molar-refractivity contribution in [2.75, 3.05) is 0 Å². The zero-order valence-corrected chi connectivity index (χ0v) is 12.5. The van der Waals surface area contributed by atoms with Crippen molar-refractivity contribution in [3.63, 3.8) is 0 Å². The lowest BCUT2D eigenvalue weighted by atomic mass is 9.50. The Hall–Kier alpha value is -0.830. The zero-order chi connectivity index (χ0) is 13.7. The summed E-state index contributed by atoms with van der Waals surface area (Å²) in [6, 6.07) is 0.347. The fourth-order valence-electron chi connectivity index (χ4n) is 5.76. The molecule has 1 atom stereocenters. The Bertz CT molecular complexity index is 450. The van der Waals surface area contributed by atoms with Gasteiger partial charge in [0, 0.05) is 18.8 Å². The van der Waals surface area contributed by atoms with Gasteiger partial charge >= 0.3 is 0 Å². The second-order valence-corrected chi connectivity index (χ2v) is 7.58. The minimum absolute atomic E-state index is 0.347. The summed E-state index contributed by atoms with van der Waals surface area (Å²) in [4.78, 5) is 0. The van der Waals surface area contributed by atoms with Crippen LogP contribution < -0.4 is 5.73 Å². The lowest BCUT2D eigenvalue weighted by molar-refractivity contribution is -0.0464. The van der Waals surface area contributed by atoms with E-state index in [1.165, 1.54) is 37.7 Å². The van der Waals surface area contributed by atoms with Crippen LogP contribution in [-0.4, -0.2) is 15.8 Å². The Labute approximate surface area is 121 Å². The first-order valence-electron chi connectivity index (χ1n) is 8.49. The highest BCUT2D eigenvalue weighted by atomic mass is 15.3. The molecule has 20 heavy (non-hydrogen) atoms. The Balaban J connectivity index is 1.47. The molecule has 3 nitrogen and oxygen atoms in total. The van der Waals surface area contributed by atoms with Crippen LogP contribution in [0.1, 0.15) is 44.6 Å². The number of aromatic nitrogens is 2. The average Bonchev–Trinajstić information content (AvgIpc) is 2.85. The van der Waals surface area contributed by atoms with Gasteiger partial charge in [-0.2, -0.15) is 5.10 Å². The second-order valence-electron chi connectivity index (χ2n) is 7.58. The Morgan fingerprint density at radius 3 is 2.40 bits per heavy atom. The van der Waals surface area contributed by atoms with Crippen LogP contribution in [0.4, 0.5) is 0 Å². The van der Waals surface area contributed by atoms with Crippen LogP contribution in [0.2, 0.25) is 0 Å². The number of nitrogens with two attached hydrogens (primary N) is 1. The van der Waals surface area contributed by atoms with Crippen molar-refractivity contribution in [2.24, 2.45) is 35.3 Å². The summed E-state index contributed by atoms with van der Waals surface area (Å²) in [6.07, 6.45) is 12.6. The molecule has 4 aliphatic carbocycles. The van der Waals surface area contributed by atoms with Crippen LogP contribution in [0.15, 0.2) is 12.4 Å². The van der Waals surface area contributed by atoms with Gasteiger partial charge in [-0.25, -0.2) is 0 Å². The van der Waals surface area contributed by atoms with Gasteiger partial charge in [-0.05, 0) is 80.6 Å². The molecule has 0 aliphatic heterocycles. The van der Waals surface area contributed by atoms with E-state index in [0.717, 1.165) is 42.6 Å². The van der Waals surface area contributed by atoms with E-state index >= 15 is 0 Å². The zero-order valence-electron chi connectivity index (χ0n) is 12.5. The molecule has 4 saturated carbocycles. The molecule has 0 aromatic carbocycles. The van der Waals surface area contributed by atoms with Crippen LogP contribution in [0.3, 0.4) is 0 Å². The topological polar surface area (TPSA) is 43.8 Å². The number of hydrogen-bond donors (Lipinski definition) is 1. The van der Waals surface area contributed by atoms with Gasteiger partial charge in [0.25, 0.3) is 0 Å². The summed E-state index contributed by atoms with van der Waals surface area (Å²) in [5, 5.41) is 4.39. The first kappa shape index (κ1) is 12.9. The van der Waals surface area contributed by atoms with Gasteiger partial charge in [-0.1, -0.05) is 0 Å². The van der Waals surface area contributed by atoms with Gasteiger partial charge in [0.1, 0.15) is 0 Å². The van der Waals surface area contributed by atoms with Crippen molar-refractivity contribution in [1.29, 1.82) is 0 Å². The number of nitrogens with zero attached hydrogens (tertiary/aromatic N) is 2. The van der Waals surface area contributed by atoms with Gasteiger partial charge in [0.2, 0.25) is 0 Å². The Kier molecular flexibility index (Phi) is 3.13. The van der Waals surface area contributed by atoms with Gasteiger partial charge in [0.15, 0.2) is 0 Å². The maximum atomic E-state index is 6.64. The van der Waals surface area contributed by atoms with Crippen molar-refractivity contribution in [3.05, 3.63) is 18.0 Å². The SMILES string of the molecule is CCn1cc(CC(N)C2C3CC4CC(C3)CC2C4)cn1. The van der Waals surface area contributed by atoms with Crippen molar-refractivity contribution in [1.82, 2.24) is 9.78 Å². The lowest BCUT2D eigenvalue weighted by Gasteiger charge is -2.56. The molecule has 4 bridgehead atoms. The van der Waals surface area contributed by atoms with Gasteiger partial charge in [-0.15, -0.1) is 0 Å². The van der Waals surface area contributed by atoms with Gasteiger partial charge in [0.05, 0.1) is 6.20 Å². The molecule has 3 heteroatoms. The summed E-state index contributed by atoms with van der Waals surface area (Å²) in [6.45, 7) is 3.09. The Morgan fingerprint density at radius 1 is 1.20 bits per heavy atom. The van der Waals surface area contributed by atoms with E-state index in [4.69, 9.17) is 5.73 Å². The maximum Gasteiger partial charge on any atom is 0.0522 e. The summed E-state index contributed by atoms with van der Waals surface area (Å²) in [5.74, 6) is 4.74. The minimum atomic E-state index is 0.347. The number of rotatable bonds is 4. The van der Waals surface area contributed by atoms with E-state index in [0.29, 0.717) is 6.04 Å². The normalized spacial score (nSPS) is 40.2. The molecule has 4 fully saturated rings. The second kappa shape index (κ2) is 4.87. The summed E-state index contributed by atoms with van der Waals surface area (Å²) in [5.41, 5.74) is 7.97.